The van der Waals surface area contributed by atoms with Gasteiger partial charge in [-0.2, -0.15) is 0 Å². The molecule has 2 rings (SSSR count). The molecule has 2 N–H and O–H groups in total. The molecule has 32 heavy (non-hydrogen) atoms. The second kappa shape index (κ2) is 13.4. The lowest BCUT2D eigenvalue weighted by Crippen LogP contribution is -2.07. The highest BCUT2D eigenvalue weighted by atomic mass is 16.5. The molecule has 0 saturated heterocycles. The summed E-state index contributed by atoms with van der Waals surface area (Å²) in [7, 11) is 0. The summed E-state index contributed by atoms with van der Waals surface area (Å²) in [5, 5.41) is 20.3. The fraction of sp³-hybridized carbons (Fsp3) is 0.462. The molecule has 2 unspecified atom stereocenters. The Balaban J connectivity index is 1.80. The van der Waals surface area contributed by atoms with Crippen LogP contribution in [-0.4, -0.2) is 48.9 Å². The third-order valence-electron chi connectivity index (χ3n) is 5.29. The molecule has 174 valence electrons. The third kappa shape index (κ3) is 8.61. The minimum absolute atomic E-state index is 0.138. The van der Waals surface area contributed by atoms with Crippen molar-refractivity contribution >= 4 is 12.4 Å². The summed E-state index contributed by atoms with van der Waals surface area (Å²) in [5.74, 6) is 2.53. The Bertz CT molecular complexity index is 822. The summed E-state index contributed by atoms with van der Waals surface area (Å²) in [6, 6.07) is 10.5. The molecule has 0 bridgehead atoms. The number of benzene rings is 2. The Labute approximate surface area is 191 Å². The van der Waals surface area contributed by atoms with E-state index in [1.165, 1.54) is 0 Å². The lowest BCUT2D eigenvalue weighted by molar-refractivity contribution is 0.255. The molecule has 0 aliphatic rings. The molecule has 0 aliphatic carbocycles. The zero-order valence-corrected chi connectivity index (χ0v) is 19.6. The van der Waals surface area contributed by atoms with Gasteiger partial charge in [-0.25, -0.2) is 0 Å². The van der Waals surface area contributed by atoms with Crippen molar-refractivity contribution in [2.24, 2.45) is 21.8 Å². The van der Waals surface area contributed by atoms with Crippen LogP contribution in [0, 0.1) is 11.8 Å². The summed E-state index contributed by atoms with van der Waals surface area (Å²) in [4.78, 5) is 8.63. The van der Waals surface area contributed by atoms with Gasteiger partial charge in [0.05, 0.1) is 26.3 Å². The van der Waals surface area contributed by atoms with Gasteiger partial charge in [0.15, 0.2) is 0 Å². The van der Waals surface area contributed by atoms with Gasteiger partial charge in [-0.05, 0) is 36.1 Å². The summed E-state index contributed by atoms with van der Waals surface area (Å²) < 4.78 is 11.4. The molecular formula is C26H36N2O4. The summed E-state index contributed by atoms with van der Waals surface area (Å²) >= 11 is 0. The van der Waals surface area contributed by atoms with Crippen LogP contribution in [-0.2, 0) is 0 Å². The lowest BCUT2D eigenvalue weighted by Gasteiger charge is -2.11. The first-order valence-corrected chi connectivity index (χ1v) is 11.3. The number of phenols is 2. The zero-order chi connectivity index (χ0) is 23.3. The largest absolute Gasteiger partial charge is 0.507 e. The zero-order valence-electron chi connectivity index (χ0n) is 19.6. The first kappa shape index (κ1) is 25.2. The quantitative estimate of drug-likeness (QED) is 0.319. The van der Waals surface area contributed by atoms with Crippen molar-refractivity contribution in [2.45, 2.75) is 40.5 Å². The number of aromatic hydroxyl groups is 2. The van der Waals surface area contributed by atoms with Gasteiger partial charge in [0, 0.05) is 35.7 Å². The molecule has 6 nitrogen and oxygen atoms in total. The number of phenolic OH excluding ortho intramolecular Hbond substituents is 2. The molecule has 0 saturated carbocycles. The van der Waals surface area contributed by atoms with Crippen molar-refractivity contribution in [3.8, 4) is 23.0 Å². The molecule has 6 heteroatoms. The molecule has 0 aromatic heterocycles. The van der Waals surface area contributed by atoms with E-state index in [0.29, 0.717) is 60.8 Å². The second-order valence-corrected chi connectivity index (χ2v) is 8.16. The van der Waals surface area contributed by atoms with Gasteiger partial charge >= 0.3 is 0 Å². The highest BCUT2D eigenvalue weighted by molar-refractivity contribution is 5.84. The summed E-state index contributed by atoms with van der Waals surface area (Å²) in [6.07, 6.45) is 5.36. The topological polar surface area (TPSA) is 83.6 Å². The van der Waals surface area contributed by atoms with E-state index in [2.05, 4.69) is 37.7 Å². The van der Waals surface area contributed by atoms with Crippen molar-refractivity contribution in [2.75, 3.05) is 26.3 Å². The van der Waals surface area contributed by atoms with Gasteiger partial charge in [0.2, 0.25) is 0 Å². The Hall–Kier alpha value is -3.02. The minimum atomic E-state index is 0.138. The Morgan fingerprint density at radius 3 is 1.50 bits per heavy atom. The van der Waals surface area contributed by atoms with E-state index in [0.717, 1.165) is 12.8 Å². The first-order valence-electron chi connectivity index (χ1n) is 11.3. The number of aliphatic imine (C=N–C) groups is 2. The van der Waals surface area contributed by atoms with Crippen LogP contribution in [0.15, 0.2) is 46.4 Å². The lowest BCUT2D eigenvalue weighted by atomic mass is 10.1. The molecule has 0 spiro atoms. The van der Waals surface area contributed by atoms with Crippen molar-refractivity contribution in [3.63, 3.8) is 0 Å². The van der Waals surface area contributed by atoms with E-state index in [-0.39, 0.29) is 11.5 Å². The minimum Gasteiger partial charge on any atom is -0.507 e. The average molecular weight is 441 g/mol. The molecule has 2 atom stereocenters. The normalized spacial score (nSPS) is 13.5. The number of nitrogens with zero attached hydrogens (tertiary/aromatic N) is 2. The maximum absolute atomic E-state index is 10.2. The Morgan fingerprint density at radius 2 is 1.16 bits per heavy atom. The van der Waals surface area contributed by atoms with Crippen LogP contribution in [0.3, 0.4) is 0 Å². The van der Waals surface area contributed by atoms with Crippen LogP contribution in [0.5, 0.6) is 23.0 Å². The maximum Gasteiger partial charge on any atom is 0.128 e. The van der Waals surface area contributed by atoms with E-state index in [1.54, 1.807) is 36.7 Å². The van der Waals surface area contributed by atoms with Crippen molar-refractivity contribution < 1.29 is 19.7 Å². The SMILES string of the molecule is CCC(C)COc1ccc(C=NCCN=Cc2ccc(OCC(C)CC)cc2O)c(O)c1. The molecule has 2 aromatic carbocycles. The van der Waals surface area contributed by atoms with Gasteiger partial charge in [-0.1, -0.05) is 40.5 Å². The number of rotatable bonds is 13. The van der Waals surface area contributed by atoms with E-state index in [1.807, 2.05) is 12.1 Å². The Morgan fingerprint density at radius 1 is 0.750 bits per heavy atom. The van der Waals surface area contributed by atoms with Gasteiger partial charge in [-0.3, -0.25) is 9.98 Å². The van der Waals surface area contributed by atoms with Gasteiger partial charge < -0.3 is 19.7 Å². The highest BCUT2D eigenvalue weighted by Crippen LogP contribution is 2.24. The highest BCUT2D eigenvalue weighted by Gasteiger charge is 2.05. The monoisotopic (exact) mass is 440 g/mol. The van der Waals surface area contributed by atoms with Crippen molar-refractivity contribution in [1.82, 2.24) is 0 Å². The second-order valence-electron chi connectivity index (χ2n) is 8.16. The van der Waals surface area contributed by atoms with Crippen LogP contribution in [0.4, 0.5) is 0 Å². The third-order valence-corrected chi connectivity index (χ3v) is 5.29. The maximum atomic E-state index is 10.2. The molecule has 0 amide bonds. The van der Waals surface area contributed by atoms with Crippen LogP contribution in [0.1, 0.15) is 51.7 Å². The summed E-state index contributed by atoms with van der Waals surface area (Å²) in [5.41, 5.74) is 1.27. The molecule has 0 aliphatic heterocycles. The first-order chi connectivity index (χ1) is 15.4. The fourth-order valence-corrected chi connectivity index (χ4v) is 2.60. The van der Waals surface area contributed by atoms with E-state index < -0.39 is 0 Å². The van der Waals surface area contributed by atoms with E-state index in [4.69, 9.17) is 9.47 Å². The molecule has 0 heterocycles. The Kier molecular flexibility index (Phi) is 10.6. The predicted octanol–water partition coefficient (Wildman–Crippen LogP) is 5.49. The van der Waals surface area contributed by atoms with Crippen LogP contribution in [0.25, 0.3) is 0 Å². The van der Waals surface area contributed by atoms with E-state index in [9.17, 15) is 10.2 Å². The van der Waals surface area contributed by atoms with Gasteiger partial charge in [0.25, 0.3) is 0 Å². The number of ether oxygens (including phenoxy) is 2. The van der Waals surface area contributed by atoms with Crippen LogP contribution >= 0.6 is 0 Å². The number of hydrogen-bond donors (Lipinski definition) is 2. The smallest absolute Gasteiger partial charge is 0.128 e. The van der Waals surface area contributed by atoms with Crippen LogP contribution in [0.2, 0.25) is 0 Å². The van der Waals surface area contributed by atoms with Gasteiger partial charge in [-0.15, -0.1) is 0 Å². The fourth-order valence-electron chi connectivity index (χ4n) is 2.60. The number of hydrogen-bond acceptors (Lipinski definition) is 6. The molecule has 0 radical (unpaired) electrons. The van der Waals surface area contributed by atoms with E-state index >= 15 is 0 Å². The standard InChI is InChI=1S/C26H36N2O4/c1-5-19(3)17-31-23-9-7-21(25(29)13-23)15-27-11-12-28-16-22-8-10-24(14-26(22)30)32-18-20(4)6-2/h7-10,13-16,19-20,29-30H,5-6,11-12,17-18H2,1-4H3. The molecule has 2 aromatic rings. The predicted molar refractivity (Wildman–Crippen MR) is 131 cm³/mol. The summed E-state index contributed by atoms with van der Waals surface area (Å²) in [6.45, 7) is 10.7. The molecular weight excluding hydrogens is 404 g/mol. The van der Waals surface area contributed by atoms with Crippen molar-refractivity contribution in [1.29, 1.82) is 0 Å². The average Bonchev–Trinajstić information content (AvgIpc) is 2.80. The molecule has 0 fully saturated rings. The van der Waals surface area contributed by atoms with Crippen molar-refractivity contribution in [3.05, 3.63) is 47.5 Å². The van der Waals surface area contributed by atoms with Gasteiger partial charge in [0.1, 0.15) is 23.0 Å². The van der Waals surface area contributed by atoms with Crippen LogP contribution < -0.4 is 9.47 Å².